The normalized spacial score (nSPS) is 16.7. The monoisotopic (exact) mass is 451 g/mol. The Hall–Kier alpha value is -2.68. The number of morpholine rings is 1. The molecule has 1 fully saturated rings. The van der Waals surface area contributed by atoms with Crippen LogP contribution >= 0.6 is 11.8 Å². The molecule has 1 aromatic heterocycles. The summed E-state index contributed by atoms with van der Waals surface area (Å²) in [5, 5.41) is 12.3. The van der Waals surface area contributed by atoms with Crippen LogP contribution in [0.4, 0.5) is 0 Å². The minimum atomic E-state index is -0.0219. The van der Waals surface area contributed by atoms with Gasteiger partial charge in [-0.25, -0.2) is 0 Å². The van der Waals surface area contributed by atoms with Crippen molar-refractivity contribution in [3.63, 3.8) is 0 Å². The SMILES string of the molecule is Cn1c(Cc2ccccc2)nnc1SCC(=O)NCC1CN(Cc2ccccc2)CCO1. The molecule has 1 aliphatic rings. The molecule has 3 aromatic rings. The van der Waals surface area contributed by atoms with E-state index < -0.39 is 0 Å². The number of carbonyl (C=O) groups is 1. The zero-order valence-corrected chi connectivity index (χ0v) is 19.1. The summed E-state index contributed by atoms with van der Waals surface area (Å²) in [6.07, 6.45) is 0.726. The lowest BCUT2D eigenvalue weighted by molar-refractivity contribution is -0.119. The van der Waals surface area contributed by atoms with Crippen molar-refractivity contribution in [2.45, 2.75) is 24.2 Å². The van der Waals surface area contributed by atoms with Crippen molar-refractivity contribution in [2.75, 3.05) is 32.0 Å². The number of hydrogen-bond acceptors (Lipinski definition) is 6. The van der Waals surface area contributed by atoms with Gasteiger partial charge in [-0.1, -0.05) is 72.4 Å². The molecular formula is C24H29N5O2S. The molecule has 2 aromatic carbocycles. The van der Waals surface area contributed by atoms with Crippen LogP contribution in [0.1, 0.15) is 17.0 Å². The number of amides is 1. The van der Waals surface area contributed by atoms with Gasteiger partial charge in [-0.3, -0.25) is 9.69 Å². The van der Waals surface area contributed by atoms with E-state index in [0.717, 1.165) is 37.0 Å². The van der Waals surface area contributed by atoms with E-state index >= 15 is 0 Å². The third-order valence-corrected chi connectivity index (χ3v) is 6.48. The summed E-state index contributed by atoms with van der Waals surface area (Å²) in [4.78, 5) is 14.8. The van der Waals surface area contributed by atoms with Gasteiger partial charge in [0.25, 0.3) is 0 Å². The number of benzene rings is 2. The predicted molar refractivity (Wildman–Crippen MR) is 125 cm³/mol. The molecule has 4 rings (SSSR count). The number of rotatable bonds is 9. The van der Waals surface area contributed by atoms with Crippen LogP contribution in [0.25, 0.3) is 0 Å². The summed E-state index contributed by atoms with van der Waals surface area (Å²) in [5.74, 6) is 1.16. The Morgan fingerprint density at radius 3 is 2.56 bits per heavy atom. The zero-order valence-electron chi connectivity index (χ0n) is 18.3. The number of ether oxygens (including phenoxy) is 1. The van der Waals surface area contributed by atoms with Gasteiger partial charge in [-0.15, -0.1) is 10.2 Å². The Morgan fingerprint density at radius 2 is 1.81 bits per heavy atom. The third kappa shape index (κ3) is 6.41. The van der Waals surface area contributed by atoms with E-state index in [0.29, 0.717) is 18.9 Å². The van der Waals surface area contributed by atoms with Gasteiger partial charge >= 0.3 is 0 Å². The second-order valence-corrected chi connectivity index (χ2v) is 8.87. The average molecular weight is 452 g/mol. The predicted octanol–water partition coefficient (Wildman–Crippen LogP) is 2.52. The molecule has 1 atom stereocenters. The molecule has 0 saturated carbocycles. The van der Waals surface area contributed by atoms with Crippen molar-refractivity contribution in [1.29, 1.82) is 0 Å². The molecule has 168 valence electrons. The summed E-state index contributed by atoms with van der Waals surface area (Å²) in [5.41, 5.74) is 2.48. The van der Waals surface area contributed by atoms with Crippen molar-refractivity contribution < 1.29 is 9.53 Å². The molecule has 1 aliphatic heterocycles. The maximum absolute atomic E-state index is 12.4. The van der Waals surface area contributed by atoms with E-state index in [1.165, 1.54) is 22.9 Å². The smallest absolute Gasteiger partial charge is 0.230 e. The standard InChI is InChI=1S/C24H29N5O2S/c1-28-22(14-19-8-4-2-5-9-19)26-27-24(28)32-18-23(30)25-15-21-17-29(12-13-31-21)16-20-10-6-3-7-11-20/h2-11,21H,12-18H2,1H3,(H,25,30). The first-order chi connectivity index (χ1) is 15.7. The Bertz CT molecular complexity index is 996. The second-order valence-electron chi connectivity index (χ2n) is 7.93. The molecule has 2 heterocycles. The highest BCUT2D eigenvalue weighted by Gasteiger charge is 2.21. The number of nitrogens with zero attached hydrogens (tertiary/aromatic N) is 4. The number of thioether (sulfide) groups is 1. The first kappa shape index (κ1) is 22.5. The molecule has 0 radical (unpaired) electrons. The molecule has 1 unspecified atom stereocenters. The lowest BCUT2D eigenvalue weighted by Crippen LogP contribution is -2.47. The third-order valence-electron chi connectivity index (χ3n) is 5.46. The quantitative estimate of drug-likeness (QED) is 0.504. The molecule has 1 saturated heterocycles. The molecule has 32 heavy (non-hydrogen) atoms. The zero-order chi connectivity index (χ0) is 22.2. The summed E-state index contributed by atoms with van der Waals surface area (Å²) >= 11 is 1.40. The van der Waals surface area contributed by atoms with Gasteiger partial charge in [0.2, 0.25) is 5.91 Å². The Kier molecular flexibility index (Phi) is 7.92. The highest BCUT2D eigenvalue weighted by atomic mass is 32.2. The fraction of sp³-hybridized carbons (Fsp3) is 0.375. The van der Waals surface area contributed by atoms with Gasteiger partial charge in [0.05, 0.1) is 18.5 Å². The van der Waals surface area contributed by atoms with Crippen LogP contribution in [0.15, 0.2) is 65.8 Å². The van der Waals surface area contributed by atoms with Crippen LogP contribution in [-0.2, 0) is 29.5 Å². The van der Waals surface area contributed by atoms with Crippen LogP contribution in [0, 0.1) is 0 Å². The summed E-state index contributed by atoms with van der Waals surface area (Å²) in [6, 6.07) is 20.6. The first-order valence-electron chi connectivity index (χ1n) is 10.9. The van der Waals surface area contributed by atoms with Crippen molar-refractivity contribution in [2.24, 2.45) is 7.05 Å². The number of aromatic nitrogens is 3. The van der Waals surface area contributed by atoms with Gasteiger partial charge in [0.15, 0.2) is 5.16 Å². The maximum atomic E-state index is 12.4. The van der Waals surface area contributed by atoms with Crippen molar-refractivity contribution in [3.8, 4) is 0 Å². The van der Waals surface area contributed by atoms with Crippen molar-refractivity contribution in [1.82, 2.24) is 25.0 Å². The summed E-state index contributed by atoms with van der Waals surface area (Å²) in [6.45, 7) is 3.83. The van der Waals surface area contributed by atoms with E-state index in [-0.39, 0.29) is 12.0 Å². The average Bonchev–Trinajstić information content (AvgIpc) is 3.17. The molecule has 8 heteroatoms. The lowest BCUT2D eigenvalue weighted by Gasteiger charge is -2.33. The summed E-state index contributed by atoms with van der Waals surface area (Å²) < 4.78 is 7.80. The van der Waals surface area contributed by atoms with Crippen LogP contribution in [-0.4, -0.2) is 63.7 Å². The number of hydrogen-bond donors (Lipinski definition) is 1. The van der Waals surface area contributed by atoms with E-state index in [1.54, 1.807) is 0 Å². The summed E-state index contributed by atoms with van der Waals surface area (Å²) in [7, 11) is 1.94. The van der Waals surface area contributed by atoms with Gasteiger partial charge in [-0.2, -0.15) is 0 Å². The highest BCUT2D eigenvalue weighted by Crippen LogP contribution is 2.17. The van der Waals surface area contributed by atoms with E-state index in [4.69, 9.17) is 4.74 Å². The maximum Gasteiger partial charge on any atom is 0.230 e. The Balaban J connectivity index is 1.20. The highest BCUT2D eigenvalue weighted by molar-refractivity contribution is 7.99. The molecule has 1 N–H and O–H groups in total. The largest absolute Gasteiger partial charge is 0.374 e. The minimum Gasteiger partial charge on any atom is -0.374 e. The van der Waals surface area contributed by atoms with Gasteiger partial charge in [-0.05, 0) is 11.1 Å². The van der Waals surface area contributed by atoms with Crippen molar-refractivity contribution in [3.05, 3.63) is 77.6 Å². The first-order valence-corrected chi connectivity index (χ1v) is 11.9. The molecule has 7 nitrogen and oxygen atoms in total. The van der Waals surface area contributed by atoms with Gasteiger partial charge < -0.3 is 14.6 Å². The van der Waals surface area contributed by atoms with Crippen LogP contribution in [0.5, 0.6) is 0 Å². The van der Waals surface area contributed by atoms with E-state index in [9.17, 15) is 4.79 Å². The lowest BCUT2D eigenvalue weighted by atomic mass is 10.1. The second kappa shape index (κ2) is 11.3. The topological polar surface area (TPSA) is 72.3 Å². The van der Waals surface area contributed by atoms with Crippen LogP contribution < -0.4 is 5.32 Å². The van der Waals surface area contributed by atoms with Crippen molar-refractivity contribution >= 4 is 17.7 Å². The van der Waals surface area contributed by atoms with E-state index in [1.807, 2.05) is 35.9 Å². The Labute approximate surface area is 193 Å². The van der Waals surface area contributed by atoms with E-state index in [2.05, 4.69) is 56.8 Å². The Morgan fingerprint density at radius 1 is 1.09 bits per heavy atom. The molecule has 0 aliphatic carbocycles. The fourth-order valence-electron chi connectivity index (χ4n) is 3.70. The van der Waals surface area contributed by atoms with Crippen LogP contribution in [0.2, 0.25) is 0 Å². The minimum absolute atomic E-state index is 0.00807. The molecule has 0 spiro atoms. The molecule has 0 bridgehead atoms. The van der Waals surface area contributed by atoms with Gasteiger partial charge in [0.1, 0.15) is 5.82 Å². The van der Waals surface area contributed by atoms with Gasteiger partial charge in [0, 0.05) is 39.6 Å². The molecule has 1 amide bonds. The number of carbonyl (C=O) groups excluding carboxylic acids is 1. The van der Waals surface area contributed by atoms with Crippen LogP contribution in [0.3, 0.4) is 0 Å². The fourth-order valence-corrected chi connectivity index (χ4v) is 4.46. The number of nitrogens with one attached hydrogen (secondary N) is 1. The molecular weight excluding hydrogens is 422 g/mol.